The molecule has 0 bridgehead atoms. The minimum atomic E-state index is -0.678. The van der Waals surface area contributed by atoms with E-state index in [0.717, 1.165) is 12.8 Å². The number of para-hydroxylation sites is 1. The highest BCUT2D eigenvalue weighted by Crippen LogP contribution is 2.16. The van der Waals surface area contributed by atoms with Crippen molar-refractivity contribution in [1.82, 2.24) is 0 Å². The first kappa shape index (κ1) is 19.8. The van der Waals surface area contributed by atoms with Gasteiger partial charge in [0.15, 0.2) is 5.78 Å². The van der Waals surface area contributed by atoms with Crippen LogP contribution in [0.5, 0.6) is 0 Å². The van der Waals surface area contributed by atoms with Gasteiger partial charge >= 0.3 is 5.97 Å². The van der Waals surface area contributed by atoms with Crippen molar-refractivity contribution in [2.24, 2.45) is 11.5 Å². The molecule has 7 heteroatoms. The Hall–Kier alpha value is -2.25. The maximum absolute atomic E-state index is 12.0. The fraction of sp³-hybridized carbons (Fsp3) is 0.471. The summed E-state index contributed by atoms with van der Waals surface area (Å²) in [6.45, 7) is 2.48. The number of nitrogens with one attached hydrogen (secondary N) is 1. The fourth-order valence-electron chi connectivity index (χ4n) is 2.13. The maximum Gasteiger partial charge on any atom is 0.340 e. The topological polar surface area (TPSA) is 125 Å². The van der Waals surface area contributed by atoms with Crippen LogP contribution in [-0.2, 0) is 14.3 Å². The zero-order chi connectivity index (χ0) is 17.9. The predicted molar refractivity (Wildman–Crippen MR) is 91.5 cm³/mol. The second-order valence-corrected chi connectivity index (χ2v) is 5.35. The van der Waals surface area contributed by atoms with Crippen LogP contribution in [0.3, 0.4) is 0 Å². The lowest BCUT2D eigenvalue weighted by molar-refractivity contribution is -0.126. The number of carbonyl (C=O) groups excluding carboxylic acids is 3. The second kappa shape index (κ2) is 10.5. The second-order valence-electron chi connectivity index (χ2n) is 5.35. The van der Waals surface area contributed by atoms with Crippen LogP contribution < -0.4 is 16.8 Å². The number of amides is 1. The van der Waals surface area contributed by atoms with Gasteiger partial charge in [0.2, 0.25) is 5.91 Å². The molecule has 7 nitrogen and oxygen atoms in total. The number of Topliss-reactive ketones (excluding diaryl/α,β-unsaturated/α-hetero) is 1. The molecular weight excluding hydrogens is 310 g/mol. The molecule has 1 aromatic carbocycles. The molecule has 0 aliphatic heterocycles. The average Bonchev–Trinajstić information content (AvgIpc) is 2.55. The summed E-state index contributed by atoms with van der Waals surface area (Å²) in [6, 6.07) is 5.80. The van der Waals surface area contributed by atoms with Crippen molar-refractivity contribution in [2.75, 3.05) is 18.5 Å². The third-order valence-corrected chi connectivity index (χ3v) is 3.41. The van der Waals surface area contributed by atoms with Crippen LogP contribution in [0.4, 0.5) is 5.69 Å². The number of rotatable bonds is 10. The number of ketones is 1. The Kier molecular flexibility index (Phi) is 8.67. The van der Waals surface area contributed by atoms with E-state index in [4.69, 9.17) is 16.2 Å². The minimum absolute atomic E-state index is 0.233. The van der Waals surface area contributed by atoms with Crippen LogP contribution in [0.2, 0.25) is 0 Å². The molecule has 1 amide bonds. The van der Waals surface area contributed by atoms with Gasteiger partial charge in [0.05, 0.1) is 30.3 Å². The Labute approximate surface area is 141 Å². The smallest absolute Gasteiger partial charge is 0.340 e. The number of hydrogen-bond donors (Lipinski definition) is 3. The molecule has 0 fully saturated rings. The van der Waals surface area contributed by atoms with Gasteiger partial charge in [-0.3, -0.25) is 9.59 Å². The van der Waals surface area contributed by atoms with E-state index in [2.05, 4.69) is 5.32 Å². The van der Waals surface area contributed by atoms with Crippen molar-refractivity contribution in [3.05, 3.63) is 29.8 Å². The Bertz CT molecular complexity index is 575. The molecule has 1 atom stereocenters. The Morgan fingerprint density at radius 3 is 2.58 bits per heavy atom. The molecule has 0 aromatic heterocycles. The van der Waals surface area contributed by atoms with Crippen molar-refractivity contribution in [2.45, 2.75) is 38.6 Å². The normalized spacial score (nSPS) is 11.6. The number of ether oxygens (including phenoxy) is 1. The molecule has 0 aliphatic rings. The first-order valence-electron chi connectivity index (χ1n) is 8.04. The quantitative estimate of drug-likeness (QED) is 0.335. The van der Waals surface area contributed by atoms with Gasteiger partial charge < -0.3 is 21.5 Å². The first-order chi connectivity index (χ1) is 11.5. The number of carbonyl (C=O) groups is 3. The Morgan fingerprint density at radius 2 is 1.92 bits per heavy atom. The summed E-state index contributed by atoms with van der Waals surface area (Å²) in [5.41, 5.74) is 11.7. The zero-order valence-corrected chi connectivity index (χ0v) is 13.9. The van der Waals surface area contributed by atoms with Crippen LogP contribution >= 0.6 is 0 Å². The highest BCUT2D eigenvalue weighted by Gasteiger charge is 2.19. The lowest BCUT2D eigenvalue weighted by atomic mass is 10.0. The van der Waals surface area contributed by atoms with Crippen LogP contribution in [0.15, 0.2) is 24.3 Å². The van der Waals surface area contributed by atoms with Crippen LogP contribution in [-0.4, -0.2) is 36.9 Å². The fourth-order valence-corrected chi connectivity index (χ4v) is 2.13. The highest BCUT2D eigenvalue weighted by molar-refractivity contribution is 6.08. The summed E-state index contributed by atoms with van der Waals surface area (Å²) >= 11 is 0. The molecule has 24 heavy (non-hydrogen) atoms. The summed E-state index contributed by atoms with van der Waals surface area (Å²) in [7, 11) is 0. The van der Waals surface area contributed by atoms with Crippen molar-refractivity contribution in [1.29, 1.82) is 0 Å². The Morgan fingerprint density at radius 1 is 1.21 bits per heavy atom. The first-order valence-corrected chi connectivity index (χ1v) is 8.04. The van der Waals surface area contributed by atoms with E-state index < -0.39 is 17.9 Å². The molecule has 0 aliphatic carbocycles. The number of benzene rings is 1. The van der Waals surface area contributed by atoms with Gasteiger partial charge in [0.1, 0.15) is 0 Å². The van der Waals surface area contributed by atoms with Crippen molar-refractivity contribution in [3.8, 4) is 0 Å². The summed E-state index contributed by atoms with van der Waals surface area (Å²) in [4.78, 5) is 35.8. The lowest BCUT2D eigenvalue weighted by Gasteiger charge is -2.12. The third kappa shape index (κ3) is 6.47. The molecule has 132 valence electrons. The summed E-state index contributed by atoms with van der Waals surface area (Å²) in [6.07, 6.45) is 1.71. The van der Waals surface area contributed by atoms with Crippen LogP contribution in [0.1, 0.15) is 43.0 Å². The Balaban J connectivity index is 2.62. The van der Waals surface area contributed by atoms with E-state index in [1.165, 1.54) is 0 Å². The van der Waals surface area contributed by atoms with Crippen molar-refractivity contribution in [3.63, 3.8) is 0 Å². The molecule has 5 N–H and O–H groups in total. The molecular formula is C17H25N3O4. The van der Waals surface area contributed by atoms with E-state index in [0.29, 0.717) is 18.7 Å². The van der Waals surface area contributed by atoms with Crippen molar-refractivity contribution < 1.29 is 19.1 Å². The van der Waals surface area contributed by atoms with Gasteiger partial charge in [-0.2, -0.15) is 0 Å². The number of hydrogen-bond acceptors (Lipinski definition) is 6. The molecule has 0 heterocycles. The predicted octanol–water partition coefficient (Wildman–Crippen LogP) is 1.22. The van der Waals surface area contributed by atoms with E-state index in [1.54, 1.807) is 31.2 Å². The number of anilines is 1. The minimum Gasteiger partial charge on any atom is -0.462 e. The molecule has 0 saturated carbocycles. The molecule has 0 unspecified atom stereocenters. The third-order valence-electron chi connectivity index (χ3n) is 3.41. The summed E-state index contributed by atoms with van der Waals surface area (Å²) in [5, 5.41) is 2.57. The lowest BCUT2D eigenvalue weighted by Crippen LogP contribution is -2.33. The van der Waals surface area contributed by atoms with Gasteiger partial charge in [-0.05, 0) is 38.4 Å². The largest absolute Gasteiger partial charge is 0.462 e. The van der Waals surface area contributed by atoms with Gasteiger partial charge in [-0.25, -0.2) is 4.79 Å². The van der Waals surface area contributed by atoms with Crippen molar-refractivity contribution >= 4 is 23.3 Å². The molecule has 1 aromatic rings. The molecule has 1 rings (SSSR count). The van der Waals surface area contributed by atoms with Gasteiger partial charge in [0, 0.05) is 0 Å². The van der Waals surface area contributed by atoms with Crippen LogP contribution in [0, 0.1) is 0 Å². The maximum atomic E-state index is 12.0. The number of esters is 1. The highest BCUT2D eigenvalue weighted by atomic mass is 16.5. The molecule has 0 saturated heterocycles. The summed E-state index contributed by atoms with van der Waals surface area (Å²) in [5.74, 6) is -1.37. The van der Waals surface area contributed by atoms with Gasteiger partial charge in [-0.15, -0.1) is 0 Å². The molecule has 0 radical (unpaired) electrons. The van der Waals surface area contributed by atoms with Gasteiger partial charge in [-0.1, -0.05) is 18.6 Å². The SMILES string of the molecule is CCOC(=O)c1ccccc1NC(=O)CC(=O)[C@@H](N)CCCCN. The average molecular weight is 335 g/mol. The molecule has 0 spiro atoms. The number of unbranched alkanes of at least 4 members (excludes halogenated alkanes) is 1. The van der Waals surface area contributed by atoms with E-state index in [-0.39, 0.29) is 24.4 Å². The van der Waals surface area contributed by atoms with E-state index in [1.807, 2.05) is 0 Å². The number of nitrogens with two attached hydrogens (primary N) is 2. The van der Waals surface area contributed by atoms with Gasteiger partial charge in [0.25, 0.3) is 0 Å². The van der Waals surface area contributed by atoms with Crippen LogP contribution in [0.25, 0.3) is 0 Å². The van der Waals surface area contributed by atoms with E-state index >= 15 is 0 Å². The summed E-state index contributed by atoms with van der Waals surface area (Å²) < 4.78 is 4.94. The standard InChI is InChI=1S/C17H25N3O4/c1-2-24-17(23)12-7-3-4-9-14(12)20-16(22)11-15(21)13(19)8-5-6-10-18/h3-4,7,9,13H,2,5-6,8,10-11,18-19H2,1H3,(H,20,22)/t13-/m0/s1. The monoisotopic (exact) mass is 335 g/mol. The zero-order valence-electron chi connectivity index (χ0n) is 13.9. The van der Waals surface area contributed by atoms with E-state index in [9.17, 15) is 14.4 Å².